The Kier molecular flexibility index (Phi) is 6.50. The van der Waals surface area contributed by atoms with Gasteiger partial charge in [0.25, 0.3) is 5.91 Å². The number of hydrogen-bond donors (Lipinski definition) is 0. The van der Waals surface area contributed by atoms with Crippen LogP contribution in [0.2, 0.25) is 0 Å². The summed E-state index contributed by atoms with van der Waals surface area (Å²) in [5.74, 6) is 0.230. The second kappa shape index (κ2) is 9.48. The molecule has 2 aromatic rings. The molecule has 0 saturated carbocycles. The maximum atomic E-state index is 14.0. The van der Waals surface area contributed by atoms with Crippen LogP contribution in [-0.4, -0.2) is 72.2 Å². The largest absolute Gasteiger partial charge is 0.496 e. The molecule has 0 aliphatic carbocycles. The first-order valence-electron chi connectivity index (χ1n) is 10.7. The van der Waals surface area contributed by atoms with Crippen LogP contribution in [-0.2, 0) is 9.59 Å². The predicted molar refractivity (Wildman–Crippen MR) is 119 cm³/mol. The third kappa shape index (κ3) is 4.65. The number of amides is 2. The van der Waals surface area contributed by atoms with Gasteiger partial charge in [-0.2, -0.15) is 5.10 Å². The van der Waals surface area contributed by atoms with Gasteiger partial charge in [0, 0.05) is 45.1 Å². The molecule has 0 bridgehead atoms. The van der Waals surface area contributed by atoms with Gasteiger partial charge in [0.1, 0.15) is 11.6 Å². The smallest absolute Gasteiger partial charge is 0.257 e. The average Bonchev–Trinajstić information content (AvgIpc) is 3.25. The van der Waals surface area contributed by atoms with Crippen molar-refractivity contribution in [2.75, 3.05) is 39.8 Å². The molecular weight excluding hydrogens is 411 g/mol. The minimum atomic E-state index is -0.392. The van der Waals surface area contributed by atoms with Gasteiger partial charge >= 0.3 is 0 Å². The molecule has 1 saturated heterocycles. The van der Waals surface area contributed by atoms with Gasteiger partial charge in [-0.15, -0.1) is 0 Å². The van der Waals surface area contributed by atoms with Crippen molar-refractivity contribution < 1.29 is 18.7 Å². The highest BCUT2D eigenvalue weighted by Crippen LogP contribution is 2.35. The van der Waals surface area contributed by atoms with E-state index in [-0.39, 0.29) is 24.2 Å². The summed E-state index contributed by atoms with van der Waals surface area (Å²) in [5.41, 5.74) is 2.25. The molecule has 1 atom stereocenters. The van der Waals surface area contributed by atoms with Gasteiger partial charge < -0.3 is 9.64 Å². The minimum Gasteiger partial charge on any atom is -0.496 e. The molecule has 1 unspecified atom stereocenters. The molecule has 0 N–H and O–H groups in total. The van der Waals surface area contributed by atoms with Gasteiger partial charge in [0.15, 0.2) is 0 Å². The number of carbonyl (C=O) groups is 2. The van der Waals surface area contributed by atoms with E-state index in [4.69, 9.17) is 4.74 Å². The van der Waals surface area contributed by atoms with Crippen molar-refractivity contribution in [3.63, 3.8) is 0 Å². The zero-order valence-electron chi connectivity index (χ0n) is 18.3. The van der Waals surface area contributed by atoms with Gasteiger partial charge in [-0.3, -0.25) is 14.5 Å². The van der Waals surface area contributed by atoms with E-state index in [1.165, 1.54) is 17.1 Å². The number of hydrogen-bond acceptors (Lipinski definition) is 5. The van der Waals surface area contributed by atoms with Crippen LogP contribution in [0.1, 0.15) is 30.5 Å². The van der Waals surface area contributed by atoms with Crippen molar-refractivity contribution in [3.8, 4) is 5.75 Å². The van der Waals surface area contributed by atoms with Crippen molar-refractivity contribution >= 4 is 17.5 Å². The van der Waals surface area contributed by atoms with Gasteiger partial charge in [0.2, 0.25) is 5.91 Å². The Morgan fingerprint density at radius 3 is 2.53 bits per heavy atom. The van der Waals surface area contributed by atoms with E-state index in [9.17, 15) is 14.0 Å². The first-order valence-corrected chi connectivity index (χ1v) is 10.7. The number of carbonyl (C=O) groups excluding carboxylic acids is 2. The summed E-state index contributed by atoms with van der Waals surface area (Å²) in [5, 5.41) is 6.15. The molecule has 0 radical (unpaired) electrons. The van der Waals surface area contributed by atoms with E-state index in [1.54, 1.807) is 25.0 Å². The second-order valence-corrected chi connectivity index (χ2v) is 8.04. The maximum absolute atomic E-state index is 14.0. The van der Waals surface area contributed by atoms with E-state index in [0.29, 0.717) is 43.9 Å². The zero-order chi connectivity index (χ0) is 22.7. The van der Waals surface area contributed by atoms with Crippen LogP contribution < -0.4 is 4.74 Å². The average molecular weight is 439 g/mol. The Hall–Kier alpha value is -3.26. The molecule has 2 aromatic carbocycles. The van der Waals surface area contributed by atoms with E-state index >= 15 is 0 Å². The van der Waals surface area contributed by atoms with E-state index in [2.05, 4.69) is 5.10 Å². The lowest BCUT2D eigenvalue weighted by atomic mass is 9.98. The standard InChI is InChI=1S/C24H27FN4O3/c1-17(30)28-12-10-27(11-13-28)16-24(31)29-22(18-6-5-7-19(25)14-18)15-21(26-29)20-8-3-4-9-23(20)32-2/h3-9,14,22H,10-13,15-16H2,1-2H3. The summed E-state index contributed by atoms with van der Waals surface area (Å²) in [6, 6.07) is 13.5. The zero-order valence-corrected chi connectivity index (χ0v) is 18.3. The fraction of sp³-hybridized carbons (Fsp3) is 0.375. The Balaban J connectivity index is 1.57. The highest BCUT2D eigenvalue weighted by molar-refractivity contribution is 6.05. The Labute approximate surface area is 187 Å². The number of methoxy groups -OCH3 is 1. The fourth-order valence-corrected chi connectivity index (χ4v) is 4.24. The minimum absolute atomic E-state index is 0.0488. The summed E-state index contributed by atoms with van der Waals surface area (Å²) in [6.07, 6.45) is 0.466. The third-order valence-corrected chi connectivity index (χ3v) is 5.99. The second-order valence-electron chi connectivity index (χ2n) is 8.04. The summed E-state index contributed by atoms with van der Waals surface area (Å²) < 4.78 is 19.4. The molecule has 7 nitrogen and oxygen atoms in total. The summed E-state index contributed by atoms with van der Waals surface area (Å²) in [4.78, 5) is 28.7. The molecule has 168 valence electrons. The van der Waals surface area contributed by atoms with Crippen LogP contribution in [0.4, 0.5) is 4.39 Å². The quantitative estimate of drug-likeness (QED) is 0.720. The highest BCUT2D eigenvalue weighted by Gasteiger charge is 2.35. The Bertz CT molecular complexity index is 1030. The molecule has 32 heavy (non-hydrogen) atoms. The van der Waals surface area contributed by atoms with Crippen molar-refractivity contribution in [3.05, 3.63) is 65.5 Å². The van der Waals surface area contributed by atoms with E-state index in [0.717, 1.165) is 11.3 Å². The predicted octanol–water partition coefficient (Wildman–Crippen LogP) is 2.68. The number of ether oxygens (including phenoxy) is 1. The summed E-state index contributed by atoms with van der Waals surface area (Å²) in [6.45, 7) is 4.22. The van der Waals surface area contributed by atoms with Crippen LogP contribution in [0, 0.1) is 5.82 Å². The van der Waals surface area contributed by atoms with E-state index < -0.39 is 6.04 Å². The van der Waals surface area contributed by atoms with Crippen molar-refractivity contribution in [2.45, 2.75) is 19.4 Å². The van der Waals surface area contributed by atoms with Crippen LogP contribution in [0.25, 0.3) is 0 Å². The lowest BCUT2D eigenvalue weighted by Crippen LogP contribution is -2.50. The van der Waals surface area contributed by atoms with Crippen LogP contribution in [0.15, 0.2) is 53.6 Å². The van der Waals surface area contributed by atoms with Gasteiger partial charge in [0.05, 0.1) is 25.4 Å². The van der Waals surface area contributed by atoms with Crippen LogP contribution in [0.3, 0.4) is 0 Å². The molecular formula is C24H27FN4O3. The lowest BCUT2D eigenvalue weighted by Gasteiger charge is -2.34. The normalized spacial score (nSPS) is 19.1. The number of halogens is 1. The lowest BCUT2D eigenvalue weighted by molar-refractivity contribution is -0.135. The molecule has 4 rings (SSSR count). The molecule has 0 spiro atoms. The molecule has 1 fully saturated rings. The Morgan fingerprint density at radius 1 is 1.09 bits per heavy atom. The molecule has 2 heterocycles. The topological polar surface area (TPSA) is 65.5 Å². The summed E-state index contributed by atoms with van der Waals surface area (Å²) in [7, 11) is 1.60. The molecule has 2 amide bonds. The molecule has 2 aliphatic rings. The number of hydrazone groups is 1. The molecule has 2 aliphatic heterocycles. The monoisotopic (exact) mass is 438 g/mol. The number of rotatable bonds is 5. The van der Waals surface area contributed by atoms with Gasteiger partial charge in [-0.05, 0) is 29.8 Å². The molecule has 8 heteroatoms. The van der Waals surface area contributed by atoms with Gasteiger partial charge in [-0.25, -0.2) is 9.40 Å². The van der Waals surface area contributed by atoms with Crippen LogP contribution >= 0.6 is 0 Å². The van der Waals surface area contributed by atoms with Crippen molar-refractivity contribution in [1.82, 2.24) is 14.8 Å². The van der Waals surface area contributed by atoms with Crippen LogP contribution in [0.5, 0.6) is 5.75 Å². The number of piperazine rings is 1. The number of para-hydroxylation sites is 1. The number of nitrogens with zero attached hydrogens (tertiary/aromatic N) is 4. The third-order valence-electron chi connectivity index (χ3n) is 5.99. The number of benzene rings is 2. The molecule has 0 aromatic heterocycles. The SMILES string of the molecule is COc1ccccc1C1=NN(C(=O)CN2CCN(C(C)=O)CC2)C(c2cccc(F)c2)C1. The summed E-state index contributed by atoms with van der Waals surface area (Å²) >= 11 is 0. The van der Waals surface area contributed by atoms with Crippen molar-refractivity contribution in [1.29, 1.82) is 0 Å². The Morgan fingerprint density at radius 2 is 1.84 bits per heavy atom. The first-order chi connectivity index (χ1) is 15.5. The van der Waals surface area contributed by atoms with E-state index in [1.807, 2.05) is 35.2 Å². The van der Waals surface area contributed by atoms with Gasteiger partial charge in [-0.1, -0.05) is 24.3 Å². The highest BCUT2D eigenvalue weighted by atomic mass is 19.1. The maximum Gasteiger partial charge on any atom is 0.257 e. The van der Waals surface area contributed by atoms with Crippen molar-refractivity contribution in [2.24, 2.45) is 5.10 Å². The first kappa shape index (κ1) is 22.0. The fourth-order valence-electron chi connectivity index (χ4n) is 4.24.